The smallest absolute Gasteiger partial charge is 0.137 e. The van der Waals surface area contributed by atoms with Gasteiger partial charge in [-0.2, -0.15) is 0 Å². The molecule has 2 aromatic carbocycles. The summed E-state index contributed by atoms with van der Waals surface area (Å²) in [7, 11) is 0. The minimum atomic E-state index is 0.556. The van der Waals surface area contributed by atoms with Crippen LogP contribution < -0.4 is 10.1 Å². The van der Waals surface area contributed by atoms with Crippen LogP contribution in [0.4, 0.5) is 5.69 Å². The molecular weight excluding hydrogens is 317 g/mol. The molecule has 0 aliphatic heterocycles. The Hall–Kier alpha value is -1.38. The Kier molecular flexibility index (Phi) is 6.41. The van der Waals surface area contributed by atoms with Crippen LogP contribution in [0.25, 0.3) is 0 Å². The summed E-state index contributed by atoms with van der Waals surface area (Å²) >= 11 is 11.9. The molecule has 0 atom stereocenters. The summed E-state index contributed by atoms with van der Waals surface area (Å²) in [5.41, 5.74) is 3.74. The van der Waals surface area contributed by atoms with Crippen molar-refractivity contribution < 1.29 is 4.74 Å². The fourth-order valence-electron chi connectivity index (χ4n) is 2.31. The van der Waals surface area contributed by atoms with Crippen LogP contribution in [-0.2, 0) is 0 Å². The minimum Gasteiger partial charge on any atom is -0.492 e. The molecule has 0 saturated carbocycles. The van der Waals surface area contributed by atoms with Gasteiger partial charge in [0.05, 0.1) is 11.6 Å². The van der Waals surface area contributed by atoms with Crippen molar-refractivity contribution in [1.82, 2.24) is 0 Å². The summed E-state index contributed by atoms with van der Waals surface area (Å²) in [6, 6.07) is 11.8. The quantitative estimate of drug-likeness (QED) is 0.636. The fourth-order valence-corrected chi connectivity index (χ4v) is 2.77. The Bertz CT molecular complexity index is 608. The molecular formula is C18H21Cl2NO. The lowest BCUT2D eigenvalue weighted by atomic mass is 10.1. The molecule has 1 N–H and O–H groups in total. The van der Waals surface area contributed by atoms with Crippen molar-refractivity contribution in [2.75, 3.05) is 18.5 Å². The Morgan fingerprint density at radius 2 is 1.68 bits per heavy atom. The number of hydrogen-bond donors (Lipinski definition) is 1. The van der Waals surface area contributed by atoms with E-state index >= 15 is 0 Å². The van der Waals surface area contributed by atoms with Crippen LogP contribution in [0, 0.1) is 13.8 Å². The van der Waals surface area contributed by atoms with Gasteiger partial charge in [-0.15, -0.1) is 0 Å². The van der Waals surface area contributed by atoms with Crippen LogP contribution in [0.15, 0.2) is 36.4 Å². The van der Waals surface area contributed by atoms with Crippen LogP contribution in [0.1, 0.15) is 24.0 Å². The van der Waals surface area contributed by atoms with E-state index in [1.54, 1.807) is 18.2 Å². The lowest BCUT2D eigenvalue weighted by Gasteiger charge is -2.10. The molecule has 2 nitrogen and oxygen atoms in total. The van der Waals surface area contributed by atoms with E-state index in [2.05, 4.69) is 37.4 Å². The molecule has 0 heterocycles. The largest absolute Gasteiger partial charge is 0.492 e. The normalized spacial score (nSPS) is 10.5. The zero-order valence-electron chi connectivity index (χ0n) is 13.0. The molecule has 0 saturated heterocycles. The van der Waals surface area contributed by atoms with Crippen molar-refractivity contribution in [3.05, 3.63) is 57.6 Å². The third-order valence-electron chi connectivity index (χ3n) is 3.27. The molecule has 22 heavy (non-hydrogen) atoms. The van der Waals surface area contributed by atoms with Crippen molar-refractivity contribution in [3.8, 4) is 5.75 Å². The molecule has 0 spiro atoms. The highest BCUT2D eigenvalue weighted by Crippen LogP contribution is 2.27. The van der Waals surface area contributed by atoms with E-state index in [0.29, 0.717) is 22.4 Å². The summed E-state index contributed by atoms with van der Waals surface area (Å²) in [5.74, 6) is 0.688. The van der Waals surface area contributed by atoms with E-state index < -0.39 is 0 Å². The van der Waals surface area contributed by atoms with Gasteiger partial charge in [-0.3, -0.25) is 0 Å². The maximum absolute atomic E-state index is 6.06. The van der Waals surface area contributed by atoms with Gasteiger partial charge in [-0.25, -0.2) is 0 Å². The molecule has 0 fully saturated rings. The third kappa shape index (κ3) is 5.43. The Balaban J connectivity index is 1.67. The summed E-state index contributed by atoms with van der Waals surface area (Å²) in [5, 5.41) is 4.62. The van der Waals surface area contributed by atoms with Gasteiger partial charge < -0.3 is 10.1 Å². The number of ether oxygens (including phenoxy) is 1. The molecule has 2 rings (SSSR count). The number of rotatable bonds is 7. The van der Waals surface area contributed by atoms with E-state index in [-0.39, 0.29) is 0 Å². The van der Waals surface area contributed by atoms with Crippen molar-refractivity contribution >= 4 is 28.9 Å². The molecule has 0 aromatic heterocycles. The van der Waals surface area contributed by atoms with Gasteiger partial charge >= 0.3 is 0 Å². The highest BCUT2D eigenvalue weighted by molar-refractivity contribution is 6.35. The molecule has 0 unspecified atom stereocenters. The lowest BCUT2D eigenvalue weighted by molar-refractivity contribution is 0.308. The Labute approximate surface area is 142 Å². The fraction of sp³-hybridized carbons (Fsp3) is 0.333. The first-order chi connectivity index (χ1) is 10.5. The number of hydrogen-bond acceptors (Lipinski definition) is 2. The molecule has 0 amide bonds. The molecule has 0 aliphatic carbocycles. The molecule has 0 radical (unpaired) electrons. The van der Waals surface area contributed by atoms with E-state index in [4.69, 9.17) is 27.9 Å². The number of benzene rings is 2. The number of aryl methyl sites for hydroxylation is 2. The van der Waals surface area contributed by atoms with E-state index in [0.717, 1.165) is 19.4 Å². The molecule has 118 valence electrons. The summed E-state index contributed by atoms with van der Waals surface area (Å²) in [6.45, 7) is 5.81. The minimum absolute atomic E-state index is 0.556. The van der Waals surface area contributed by atoms with Gasteiger partial charge in [-0.1, -0.05) is 29.3 Å². The first kappa shape index (κ1) is 17.0. The average molecular weight is 338 g/mol. The number of nitrogens with one attached hydrogen (secondary N) is 1. The summed E-state index contributed by atoms with van der Waals surface area (Å²) < 4.78 is 5.66. The SMILES string of the molecule is Cc1cc(C)cc(NCCCCOc2ccc(Cl)cc2Cl)c1. The molecule has 0 bridgehead atoms. The van der Waals surface area contributed by atoms with Crippen molar-refractivity contribution in [2.24, 2.45) is 0 Å². The predicted molar refractivity (Wildman–Crippen MR) is 95.6 cm³/mol. The van der Waals surface area contributed by atoms with Gasteiger partial charge in [0.1, 0.15) is 5.75 Å². The number of anilines is 1. The number of unbranched alkanes of at least 4 members (excludes halogenated alkanes) is 1. The van der Waals surface area contributed by atoms with Crippen LogP contribution in [0.2, 0.25) is 10.0 Å². The second kappa shape index (κ2) is 8.30. The first-order valence-corrected chi connectivity index (χ1v) is 8.20. The number of halogens is 2. The predicted octanol–water partition coefficient (Wildman–Crippen LogP) is 5.88. The Morgan fingerprint density at radius 1 is 0.955 bits per heavy atom. The molecule has 4 heteroatoms. The Morgan fingerprint density at radius 3 is 2.36 bits per heavy atom. The van der Waals surface area contributed by atoms with E-state index in [9.17, 15) is 0 Å². The second-order valence-corrected chi connectivity index (χ2v) is 6.28. The summed E-state index contributed by atoms with van der Waals surface area (Å²) in [6.07, 6.45) is 2.01. The van der Waals surface area contributed by atoms with Crippen LogP contribution in [0.5, 0.6) is 5.75 Å². The average Bonchev–Trinajstić information content (AvgIpc) is 2.43. The summed E-state index contributed by atoms with van der Waals surface area (Å²) in [4.78, 5) is 0. The van der Waals surface area contributed by atoms with Crippen molar-refractivity contribution in [1.29, 1.82) is 0 Å². The lowest BCUT2D eigenvalue weighted by Crippen LogP contribution is -2.05. The van der Waals surface area contributed by atoms with Crippen LogP contribution in [-0.4, -0.2) is 13.2 Å². The van der Waals surface area contributed by atoms with Gasteiger partial charge in [0.15, 0.2) is 0 Å². The van der Waals surface area contributed by atoms with Gasteiger partial charge in [0, 0.05) is 17.3 Å². The van der Waals surface area contributed by atoms with E-state index in [1.165, 1.54) is 16.8 Å². The van der Waals surface area contributed by atoms with Crippen LogP contribution >= 0.6 is 23.2 Å². The maximum Gasteiger partial charge on any atom is 0.137 e. The zero-order chi connectivity index (χ0) is 15.9. The maximum atomic E-state index is 6.06. The van der Waals surface area contributed by atoms with Gasteiger partial charge in [0.2, 0.25) is 0 Å². The standard InChI is InChI=1S/C18H21Cl2NO/c1-13-9-14(2)11-16(10-13)21-7-3-4-8-22-18-6-5-15(19)12-17(18)20/h5-6,9-12,21H,3-4,7-8H2,1-2H3. The first-order valence-electron chi connectivity index (χ1n) is 7.44. The highest BCUT2D eigenvalue weighted by Gasteiger charge is 2.02. The van der Waals surface area contributed by atoms with Gasteiger partial charge in [-0.05, 0) is 68.1 Å². The topological polar surface area (TPSA) is 21.3 Å². The highest BCUT2D eigenvalue weighted by atomic mass is 35.5. The molecule has 2 aromatic rings. The van der Waals surface area contributed by atoms with Crippen molar-refractivity contribution in [3.63, 3.8) is 0 Å². The monoisotopic (exact) mass is 337 g/mol. The third-order valence-corrected chi connectivity index (χ3v) is 3.80. The zero-order valence-corrected chi connectivity index (χ0v) is 14.5. The van der Waals surface area contributed by atoms with Crippen molar-refractivity contribution in [2.45, 2.75) is 26.7 Å². The van der Waals surface area contributed by atoms with Gasteiger partial charge in [0.25, 0.3) is 0 Å². The second-order valence-electron chi connectivity index (χ2n) is 5.43. The van der Waals surface area contributed by atoms with Crippen LogP contribution in [0.3, 0.4) is 0 Å². The van der Waals surface area contributed by atoms with E-state index in [1.807, 2.05) is 0 Å². The molecule has 0 aliphatic rings.